The first kappa shape index (κ1) is 18.8. The van der Waals surface area contributed by atoms with Gasteiger partial charge in [-0.15, -0.1) is 0 Å². The van der Waals surface area contributed by atoms with Crippen LogP contribution in [0.5, 0.6) is 0 Å². The maximum absolute atomic E-state index is 2.42. The summed E-state index contributed by atoms with van der Waals surface area (Å²) < 4.78 is 0. The van der Waals surface area contributed by atoms with Crippen LogP contribution in [0.4, 0.5) is 0 Å². The van der Waals surface area contributed by atoms with Crippen molar-refractivity contribution >= 4 is 45.2 Å². The first-order chi connectivity index (χ1) is 14.7. The van der Waals surface area contributed by atoms with E-state index in [0.717, 1.165) is 0 Å². The summed E-state index contributed by atoms with van der Waals surface area (Å²) in [5, 5.41) is 9.92. The zero-order chi connectivity index (χ0) is 20.6. The zero-order valence-corrected chi connectivity index (χ0v) is 18.5. The molecule has 0 saturated carbocycles. The maximum Gasteiger partial charge on any atom is 0.152 e. The first-order valence-corrected chi connectivity index (χ1v) is 12.8. The minimum atomic E-state index is -2.33. The van der Waals surface area contributed by atoms with E-state index >= 15 is 0 Å². The lowest BCUT2D eigenvalue weighted by Gasteiger charge is -2.39. The zero-order valence-electron chi connectivity index (χ0n) is 17.5. The molecule has 0 unspecified atom stereocenters. The third-order valence-electron chi connectivity index (χ3n) is 6.52. The van der Waals surface area contributed by atoms with Gasteiger partial charge in [-0.1, -0.05) is 129 Å². The van der Waals surface area contributed by atoms with E-state index in [2.05, 4.69) is 129 Å². The van der Waals surface area contributed by atoms with Gasteiger partial charge in [0, 0.05) is 0 Å². The molecule has 0 heterocycles. The molecule has 0 amide bonds. The maximum atomic E-state index is 2.42. The molecule has 0 aliphatic carbocycles. The van der Waals surface area contributed by atoms with Crippen molar-refractivity contribution in [3.8, 4) is 0 Å². The summed E-state index contributed by atoms with van der Waals surface area (Å²) in [5.74, 6) is 0. The molecule has 1 heteroatoms. The molecule has 0 saturated heterocycles. The van der Waals surface area contributed by atoms with Crippen LogP contribution in [-0.4, -0.2) is 8.07 Å². The van der Waals surface area contributed by atoms with E-state index in [1.165, 1.54) is 37.1 Å². The number of hydrogen-bond acceptors (Lipinski definition) is 0. The Morgan fingerprint density at radius 3 is 1.40 bits per heavy atom. The van der Waals surface area contributed by atoms with Gasteiger partial charge < -0.3 is 0 Å². The third-order valence-corrected chi connectivity index (χ3v) is 12.1. The molecule has 0 N–H and O–H groups in total. The minimum absolute atomic E-state index is 0.497. The molecular weight excluding hydrogens is 376 g/mol. The minimum Gasteiger partial charge on any atom is -0.0642 e. The van der Waals surface area contributed by atoms with Crippen LogP contribution in [0.1, 0.15) is 13.8 Å². The van der Waals surface area contributed by atoms with Crippen LogP contribution in [-0.2, 0) is 0 Å². The lowest BCUT2D eigenvalue weighted by Crippen LogP contribution is -2.69. The summed E-state index contributed by atoms with van der Waals surface area (Å²) in [6, 6.07) is 42.8. The Bertz CT molecular complexity index is 1230. The third kappa shape index (κ3) is 2.81. The first-order valence-electron chi connectivity index (χ1n) is 10.7. The van der Waals surface area contributed by atoms with Gasteiger partial charge >= 0.3 is 0 Å². The SMILES string of the molecule is CC(C)[Si](c1ccccc1)(c1cccc2ccccc12)c1cccc2ccccc12. The summed E-state index contributed by atoms with van der Waals surface area (Å²) >= 11 is 0. The molecule has 0 nitrogen and oxygen atoms in total. The van der Waals surface area contributed by atoms with Crippen molar-refractivity contribution in [2.24, 2.45) is 0 Å². The summed E-state index contributed by atoms with van der Waals surface area (Å²) in [6.07, 6.45) is 0. The fourth-order valence-electron chi connectivity index (χ4n) is 5.25. The highest BCUT2D eigenvalue weighted by Gasteiger charge is 2.44. The second-order valence-corrected chi connectivity index (χ2v) is 12.8. The quantitative estimate of drug-likeness (QED) is 0.260. The molecule has 0 bridgehead atoms. The molecule has 5 rings (SSSR count). The number of rotatable bonds is 4. The summed E-state index contributed by atoms with van der Waals surface area (Å²) in [6.45, 7) is 4.84. The molecule has 30 heavy (non-hydrogen) atoms. The molecule has 0 aliphatic heterocycles. The molecule has 5 aromatic carbocycles. The van der Waals surface area contributed by atoms with Gasteiger partial charge in [-0.2, -0.15) is 0 Å². The predicted molar refractivity (Wildman–Crippen MR) is 134 cm³/mol. The molecule has 0 fully saturated rings. The van der Waals surface area contributed by atoms with Crippen LogP contribution in [0.3, 0.4) is 0 Å². The van der Waals surface area contributed by atoms with E-state index in [1.807, 2.05) is 0 Å². The van der Waals surface area contributed by atoms with Gasteiger partial charge in [0.2, 0.25) is 0 Å². The Morgan fingerprint density at radius 2 is 0.900 bits per heavy atom. The second-order valence-electron chi connectivity index (χ2n) is 8.38. The Hall–Kier alpha value is -3.16. The van der Waals surface area contributed by atoms with E-state index in [9.17, 15) is 0 Å². The van der Waals surface area contributed by atoms with E-state index in [0.29, 0.717) is 5.54 Å². The van der Waals surface area contributed by atoms with Crippen molar-refractivity contribution in [1.82, 2.24) is 0 Å². The molecular formula is C29H26Si. The molecule has 0 spiro atoms. The number of hydrogen-bond donors (Lipinski definition) is 0. The van der Waals surface area contributed by atoms with Crippen LogP contribution < -0.4 is 15.6 Å². The topological polar surface area (TPSA) is 0 Å². The van der Waals surface area contributed by atoms with E-state index in [-0.39, 0.29) is 0 Å². The van der Waals surface area contributed by atoms with Gasteiger partial charge in [0.15, 0.2) is 8.07 Å². The van der Waals surface area contributed by atoms with Gasteiger partial charge in [-0.05, 0) is 42.6 Å². The average molecular weight is 403 g/mol. The smallest absolute Gasteiger partial charge is 0.0642 e. The van der Waals surface area contributed by atoms with Crippen LogP contribution in [0.25, 0.3) is 21.5 Å². The molecule has 0 atom stereocenters. The normalized spacial score (nSPS) is 12.0. The van der Waals surface area contributed by atoms with E-state index in [1.54, 1.807) is 0 Å². The molecule has 5 aromatic rings. The molecule has 0 aromatic heterocycles. The van der Waals surface area contributed by atoms with Crippen molar-refractivity contribution < 1.29 is 0 Å². The van der Waals surface area contributed by atoms with Crippen molar-refractivity contribution in [2.45, 2.75) is 19.4 Å². The highest BCUT2D eigenvalue weighted by molar-refractivity contribution is 7.14. The molecule has 146 valence electrons. The highest BCUT2D eigenvalue weighted by atomic mass is 28.3. The second kappa shape index (κ2) is 7.59. The monoisotopic (exact) mass is 402 g/mol. The molecule has 0 aliphatic rings. The number of fused-ring (bicyclic) bond motifs is 2. The van der Waals surface area contributed by atoms with Crippen LogP contribution >= 0.6 is 0 Å². The Morgan fingerprint density at radius 1 is 0.467 bits per heavy atom. The highest BCUT2D eigenvalue weighted by Crippen LogP contribution is 2.28. The Labute approximate surface area is 179 Å². The van der Waals surface area contributed by atoms with Gasteiger partial charge in [-0.25, -0.2) is 0 Å². The standard InChI is InChI=1S/C29H26Si/c1-22(2)30(25-16-4-3-5-17-25,28-20-10-14-23-12-6-8-18-26(23)28)29-21-11-15-24-13-7-9-19-27(24)29/h3-22H,1-2H3. The largest absolute Gasteiger partial charge is 0.152 e. The van der Waals surface area contributed by atoms with Crippen molar-refractivity contribution in [1.29, 1.82) is 0 Å². The van der Waals surface area contributed by atoms with Gasteiger partial charge in [0.05, 0.1) is 0 Å². The summed E-state index contributed by atoms with van der Waals surface area (Å²) in [7, 11) is -2.33. The van der Waals surface area contributed by atoms with Crippen molar-refractivity contribution in [3.63, 3.8) is 0 Å². The van der Waals surface area contributed by atoms with Gasteiger partial charge in [0.25, 0.3) is 0 Å². The number of benzene rings is 5. The van der Waals surface area contributed by atoms with Gasteiger partial charge in [-0.3, -0.25) is 0 Å². The van der Waals surface area contributed by atoms with Crippen molar-refractivity contribution in [2.75, 3.05) is 0 Å². The van der Waals surface area contributed by atoms with E-state index in [4.69, 9.17) is 0 Å². The van der Waals surface area contributed by atoms with Crippen LogP contribution in [0.15, 0.2) is 115 Å². The molecule has 0 radical (unpaired) electrons. The predicted octanol–water partition coefficient (Wildman–Crippen LogP) is 5.87. The average Bonchev–Trinajstić information content (AvgIpc) is 2.80. The Balaban J connectivity index is 1.99. The van der Waals surface area contributed by atoms with Crippen LogP contribution in [0, 0.1) is 0 Å². The Kier molecular flexibility index (Phi) is 4.76. The fourth-order valence-corrected chi connectivity index (χ4v) is 10.8. The fraction of sp³-hybridized carbons (Fsp3) is 0.103. The van der Waals surface area contributed by atoms with Crippen LogP contribution in [0.2, 0.25) is 5.54 Å². The lowest BCUT2D eigenvalue weighted by molar-refractivity contribution is 1.04. The summed E-state index contributed by atoms with van der Waals surface area (Å²) in [5.41, 5.74) is 0.497. The van der Waals surface area contributed by atoms with Crippen molar-refractivity contribution in [3.05, 3.63) is 115 Å². The lowest BCUT2D eigenvalue weighted by atomic mass is 10.1. The van der Waals surface area contributed by atoms with Gasteiger partial charge in [0.1, 0.15) is 0 Å². The summed E-state index contributed by atoms with van der Waals surface area (Å²) in [4.78, 5) is 0. The van der Waals surface area contributed by atoms with E-state index < -0.39 is 8.07 Å².